The summed E-state index contributed by atoms with van der Waals surface area (Å²) in [6, 6.07) is 3.56. The van der Waals surface area contributed by atoms with Gasteiger partial charge in [-0.1, -0.05) is 18.2 Å². The van der Waals surface area contributed by atoms with Gasteiger partial charge in [-0.05, 0) is 12.1 Å². The van der Waals surface area contributed by atoms with Crippen LogP contribution in [0, 0.1) is 0 Å². The minimum atomic E-state index is -5.29. The number of benzene rings is 1. The molecule has 5 N–H and O–H groups in total. The van der Waals surface area contributed by atoms with Crippen LogP contribution in [0.5, 0.6) is 0 Å². The van der Waals surface area contributed by atoms with Crippen LogP contribution in [0.3, 0.4) is 0 Å². The molecule has 0 saturated heterocycles. The number of alkyl halides is 3. The maximum absolute atomic E-state index is 12.9. The Hall–Kier alpha value is -3.16. The number of aliphatic carboxylic acids is 1. The highest BCUT2D eigenvalue weighted by molar-refractivity contribution is 5.85. The zero-order valence-electron chi connectivity index (χ0n) is 15.6. The Kier molecular flexibility index (Phi) is 6.20. The predicted octanol–water partition coefficient (Wildman–Crippen LogP) is -0.294. The van der Waals surface area contributed by atoms with E-state index < -0.39 is 60.8 Å². The number of rotatable bonds is 6. The summed E-state index contributed by atoms with van der Waals surface area (Å²) in [6.07, 6.45) is -8.73. The van der Waals surface area contributed by atoms with Crippen molar-refractivity contribution in [2.75, 3.05) is 6.61 Å². The molecule has 0 radical (unpaired) electrons. The second-order valence-corrected chi connectivity index (χ2v) is 6.81. The number of hydrogen-bond acceptors (Lipinski definition) is 7. The lowest BCUT2D eigenvalue weighted by molar-refractivity contribution is -0.178. The number of aliphatic hydroxyl groups excluding tert-OH is 3. The summed E-state index contributed by atoms with van der Waals surface area (Å²) in [6.45, 7) is -0.997. The molecule has 1 amide bonds. The third-order valence-electron chi connectivity index (χ3n) is 4.73. The Balaban J connectivity index is 2.11. The van der Waals surface area contributed by atoms with Gasteiger partial charge in [0.2, 0.25) is 5.76 Å². The minimum Gasteiger partial charge on any atom is -0.478 e. The number of amides is 1. The van der Waals surface area contributed by atoms with Gasteiger partial charge in [-0.15, -0.1) is 0 Å². The van der Waals surface area contributed by atoms with E-state index in [9.17, 15) is 38.1 Å². The number of carbonyl (C=O) groups excluding carboxylic acids is 1. The summed E-state index contributed by atoms with van der Waals surface area (Å²) in [5.41, 5.74) is 0.438. The van der Waals surface area contributed by atoms with Gasteiger partial charge in [-0.2, -0.15) is 18.3 Å². The molecule has 31 heavy (non-hydrogen) atoms. The normalized spacial score (nSPS) is 23.5. The molecular weight excluding hydrogens is 427 g/mol. The number of hydrogen-bond donors (Lipinski definition) is 5. The van der Waals surface area contributed by atoms with Crippen molar-refractivity contribution in [3.8, 4) is 0 Å². The van der Waals surface area contributed by atoms with E-state index in [2.05, 4.69) is 5.10 Å². The maximum atomic E-state index is 12.9. The van der Waals surface area contributed by atoms with E-state index >= 15 is 0 Å². The molecule has 0 spiro atoms. The number of carbonyl (C=O) groups is 2. The van der Waals surface area contributed by atoms with Crippen LogP contribution >= 0.6 is 0 Å². The Labute approximate surface area is 172 Å². The smallest absolute Gasteiger partial charge is 0.471 e. The fourth-order valence-corrected chi connectivity index (χ4v) is 3.22. The van der Waals surface area contributed by atoms with Crippen molar-refractivity contribution in [3.05, 3.63) is 42.3 Å². The van der Waals surface area contributed by atoms with Crippen LogP contribution in [-0.4, -0.2) is 79.2 Å². The summed E-state index contributed by atoms with van der Waals surface area (Å²) >= 11 is 0. The molecule has 0 unspecified atom stereocenters. The summed E-state index contributed by atoms with van der Waals surface area (Å²) in [5, 5.41) is 45.0. The van der Waals surface area contributed by atoms with Gasteiger partial charge in [0.15, 0.2) is 0 Å². The van der Waals surface area contributed by atoms with E-state index in [1.165, 1.54) is 6.20 Å². The van der Waals surface area contributed by atoms with Gasteiger partial charge in [0.05, 0.1) is 24.2 Å². The molecule has 13 heteroatoms. The van der Waals surface area contributed by atoms with Crippen LogP contribution in [0.2, 0.25) is 0 Å². The summed E-state index contributed by atoms with van der Waals surface area (Å²) in [7, 11) is 0. The number of carboxylic acids is 1. The first-order valence-electron chi connectivity index (χ1n) is 8.93. The lowest BCUT2D eigenvalue weighted by Crippen LogP contribution is -2.60. The summed E-state index contributed by atoms with van der Waals surface area (Å²) in [4.78, 5) is 23.2. The fourth-order valence-electron chi connectivity index (χ4n) is 3.22. The van der Waals surface area contributed by atoms with E-state index in [0.717, 1.165) is 10.8 Å². The largest absolute Gasteiger partial charge is 0.478 e. The second kappa shape index (κ2) is 8.53. The molecule has 3 rings (SSSR count). The molecule has 168 valence electrons. The van der Waals surface area contributed by atoms with E-state index in [1.54, 1.807) is 29.6 Å². The first-order chi connectivity index (χ1) is 14.5. The number of nitrogens with one attached hydrogen (secondary N) is 1. The van der Waals surface area contributed by atoms with Crippen LogP contribution in [0.25, 0.3) is 10.9 Å². The van der Waals surface area contributed by atoms with Gasteiger partial charge < -0.3 is 30.5 Å². The molecule has 0 fully saturated rings. The molecule has 10 nitrogen and oxygen atoms in total. The number of fused-ring (bicyclic) bond motifs is 1. The highest BCUT2D eigenvalue weighted by Crippen LogP contribution is 2.31. The number of halogens is 3. The number of aliphatic hydroxyl groups is 3. The molecule has 1 aromatic heterocycles. The van der Waals surface area contributed by atoms with Crippen molar-refractivity contribution in [2.24, 2.45) is 0 Å². The topological polar surface area (TPSA) is 154 Å². The third kappa shape index (κ3) is 4.62. The monoisotopic (exact) mass is 445 g/mol. The van der Waals surface area contributed by atoms with Crippen molar-refractivity contribution in [2.45, 2.75) is 36.6 Å². The molecule has 0 aliphatic carbocycles. The average Bonchev–Trinajstić information content (AvgIpc) is 3.15. The van der Waals surface area contributed by atoms with Crippen LogP contribution in [-0.2, 0) is 14.3 Å². The van der Waals surface area contributed by atoms with E-state index in [0.29, 0.717) is 10.9 Å². The standard InChI is InChI=1S/C18H18F3N3O7/c19-18(20,21)17(30)22-13-10(24-6-8-3-1-2-4-9(8)23-24)5-12(16(28)29)31-15(13)14(27)11(26)7-25/h1-6,10-11,13-15,25-27H,7H2,(H,22,30)(H,28,29)/t10-,11+,13+,14+,15+/m0/s1. The van der Waals surface area contributed by atoms with Crippen LogP contribution in [0.15, 0.2) is 42.3 Å². The van der Waals surface area contributed by atoms with Gasteiger partial charge >= 0.3 is 18.1 Å². The molecule has 0 bridgehead atoms. The van der Waals surface area contributed by atoms with Crippen molar-refractivity contribution >= 4 is 22.8 Å². The number of aromatic nitrogens is 2. The molecule has 2 heterocycles. The van der Waals surface area contributed by atoms with Crippen molar-refractivity contribution in [3.63, 3.8) is 0 Å². The van der Waals surface area contributed by atoms with Crippen molar-refractivity contribution in [1.82, 2.24) is 15.1 Å². The maximum Gasteiger partial charge on any atom is 0.471 e. The van der Waals surface area contributed by atoms with E-state index in [4.69, 9.17) is 9.84 Å². The van der Waals surface area contributed by atoms with Crippen LogP contribution in [0.4, 0.5) is 13.2 Å². The average molecular weight is 445 g/mol. The van der Waals surface area contributed by atoms with Gasteiger partial charge in [0, 0.05) is 11.6 Å². The fraction of sp³-hybridized carbons (Fsp3) is 0.389. The van der Waals surface area contributed by atoms with Gasteiger partial charge in [-0.3, -0.25) is 9.48 Å². The summed E-state index contributed by atoms with van der Waals surface area (Å²) < 4.78 is 45.0. The van der Waals surface area contributed by atoms with Crippen LogP contribution < -0.4 is 5.32 Å². The molecule has 0 saturated carbocycles. The van der Waals surface area contributed by atoms with E-state index in [-0.39, 0.29) is 0 Å². The molecule has 5 atom stereocenters. The zero-order valence-corrected chi connectivity index (χ0v) is 15.6. The van der Waals surface area contributed by atoms with Gasteiger partial charge in [0.1, 0.15) is 18.3 Å². The molecule has 1 aliphatic heterocycles. The lowest BCUT2D eigenvalue weighted by atomic mass is 9.92. The first kappa shape index (κ1) is 22.5. The van der Waals surface area contributed by atoms with Gasteiger partial charge in [0.25, 0.3) is 0 Å². The molecular formula is C18H18F3N3O7. The highest BCUT2D eigenvalue weighted by atomic mass is 19.4. The highest BCUT2D eigenvalue weighted by Gasteiger charge is 2.48. The molecule has 2 aromatic rings. The minimum absolute atomic E-state index is 0.438. The third-order valence-corrected chi connectivity index (χ3v) is 4.73. The van der Waals surface area contributed by atoms with Gasteiger partial charge in [-0.25, -0.2) is 4.79 Å². The first-order valence-corrected chi connectivity index (χ1v) is 8.93. The number of nitrogens with zero attached hydrogens (tertiary/aromatic N) is 2. The predicted molar refractivity (Wildman–Crippen MR) is 96.4 cm³/mol. The Morgan fingerprint density at radius 3 is 2.52 bits per heavy atom. The Bertz CT molecular complexity index is 974. The van der Waals surface area contributed by atoms with Crippen LogP contribution in [0.1, 0.15) is 6.04 Å². The molecule has 1 aromatic carbocycles. The van der Waals surface area contributed by atoms with E-state index in [1.807, 2.05) is 0 Å². The molecule has 1 aliphatic rings. The quantitative estimate of drug-likeness (QED) is 0.406. The Morgan fingerprint density at radius 2 is 1.94 bits per heavy atom. The summed E-state index contributed by atoms with van der Waals surface area (Å²) in [5.74, 6) is -4.71. The SMILES string of the molecule is O=C(O)C1=C[C@H](n2cc3ccccc3n2)[C@@H](NC(=O)C(F)(F)F)[C@H]([C@H](O)[C@H](O)CO)O1. The lowest BCUT2D eigenvalue weighted by Gasteiger charge is -2.40. The zero-order chi connectivity index (χ0) is 22.9. The number of ether oxygens (including phenoxy) is 1. The van der Waals surface area contributed by atoms with Crippen molar-refractivity contribution in [1.29, 1.82) is 0 Å². The number of carboxylic acid groups (broad SMARTS) is 1. The van der Waals surface area contributed by atoms with Crippen molar-refractivity contribution < 1.29 is 47.9 Å². The second-order valence-electron chi connectivity index (χ2n) is 6.81. The Morgan fingerprint density at radius 1 is 1.26 bits per heavy atom.